The molecule has 5 heteroatoms. The maximum Gasteiger partial charge on any atom is 0.157 e. The third-order valence-electron chi connectivity index (χ3n) is 2.29. The minimum atomic E-state index is -0.125. The lowest BCUT2D eigenvalue weighted by Gasteiger charge is -2.22. The van der Waals surface area contributed by atoms with Crippen molar-refractivity contribution >= 4 is 33.0 Å². The van der Waals surface area contributed by atoms with Crippen molar-refractivity contribution in [2.75, 3.05) is 19.8 Å². The molecule has 82 valence electrons. The average molecular weight is 290 g/mol. The lowest BCUT2D eigenvalue weighted by molar-refractivity contribution is -0.123. The van der Waals surface area contributed by atoms with Gasteiger partial charge in [0.25, 0.3) is 0 Å². The van der Waals surface area contributed by atoms with Crippen molar-refractivity contribution in [1.29, 1.82) is 0 Å². The number of hydrogen-bond acceptors (Lipinski definition) is 4. The van der Waals surface area contributed by atoms with Crippen molar-refractivity contribution in [2.24, 2.45) is 0 Å². The van der Waals surface area contributed by atoms with E-state index >= 15 is 0 Å². The predicted molar refractivity (Wildman–Crippen MR) is 63.3 cm³/mol. The molecule has 15 heavy (non-hydrogen) atoms. The Morgan fingerprint density at radius 2 is 2.53 bits per heavy atom. The van der Waals surface area contributed by atoms with E-state index in [2.05, 4.69) is 21.2 Å². The number of morpholine rings is 1. The number of ether oxygens (including phenoxy) is 1. The maximum absolute atomic E-state index is 11.8. The van der Waals surface area contributed by atoms with Crippen molar-refractivity contribution < 1.29 is 9.53 Å². The fraction of sp³-hybridized carbons (Fsp3) is 0.500. The van der Waals surface area contributed by atoms with Crippen LogP contribution in [0, 0.1) is 0 Å². The van der Waals surface area contributed by atoms with Crippen LogP contribution in [0.2, 0.25) is 0 Å². The Labute approximate surface area is 101 Å². The maximum atomic E-state index is 11.8. The second-order valence-electron chi connectivity index (χ2n) is 3.43. The van der Waals surface area contributed by atoms with E-state index in [1.54, 1.807) is 11.3 Å². The van der Waals surface area contributed by atoms with E-state index in [1.165, 1.54) is 0 Å². The quantitative estimate of drug-likeness (QED) is 0.919. The highest BCUT2D eigenvalue weighted by atomic mass is 79.9. The highest BCUT2D eigenvalue weighted by Crippen LogP contribution is 2.22. The van der Waals surface area contributed by atoms with Gasteiger partial charge in [-0.05, 0) is 28.1 Å². The van der Waals surface area contributed by atoms with Crippen LogP contribution in [0.5, 0.6) is 0 Å². The largest absolute Gasteiger partial charge is 0.378 e. The first-order valence-corrected chi connectivity index (χ1v) is 6.45. The second kappa shape index (κ2) is 5.21. The number of rotatable bonds is 3. The number of nitrogens with one attached hydrogen (secondary N) is 1. The number of carbonyl (C=O) groups excluding carboxylic acids is 1. The Hall–Kier alpha value is -0.230. The van der Waals surface area contributed by atoms with Crippen molar-refractivity contribution in [1.82, 2.24) is 5.32 Å². The molecule has 0 bridgehead atoms. The summed E-state index contributed by atoms with van der Waals surface area (Å²) >= 11 is 4.99. The number of hydrogen-bond donors (Lipinski definition) is 1. The van der Waals surface area contributed by atoms with Gasteiger partial charge in [0.05, 0.1) is 23.0 Å². The third kappa shape index (κ3) is 3.11. The van der Waals surface area contributed by atoms with Crippen LogP contribution in [0.25, 0.3) is 0 Å². The van der Waals surface area contributed by atoms with E-state index in [-0.39, 0.29) is 11.8 Å². The number of halogens is 1. The van der Waals surface area contributed by atoms with Gasteiger partial charge in [-0.3, -0.25) is 4.79 Å². The molecule has 0 radical (unpaired) electrons. The lowest BCUT2D eigenvalue weighted by Crippen LogP contribution is -2.47. The molecular weight excluding hydrogens is 278 g/mol. The van der Waals surface area contributed by atoms with E-state index in [0.717, 1.165) is 15.2 Å². The van der Waals surface area contributed by atoms with Gasteiger partial charge in [-0.15, -0.1) is 11.3 Å². The lowest BCUT2D eigenvalue weighted by atomic mass is 10.1. The van der Waals surface area contributed by atoms with Gasteiger partial charge in [0.2, 0.25) is 0 Å². The third-order valence-corrected chi connectivity index (χ3v) is 3.91. The summed E-state index contributed by atoms with van der Waals surface area (Å²) in [4.78, 5) is 12.9. The van der Waals surface area contributed by atoms with E-state index in [1.807, 2.05) is 12.1 Å². The van der Waals surface area contributed by atoms with Crippen LogP contribution in [-0.4, -0.2) is 31.6 Å². The highest BCUT2D eigenvalue weighted by Gasteiger charge is 2.21. The number of Topliss-reactive ketones (excluding diaryl/α,β-unsaturated/α-hetero) is 1. The molecule has 2 rings (SSSR count). The Bertz CT molecular complexity index is 347. The van der Waals surface area contributed by atoms with Crippen LogP contribution in [-0.2, 0) is 16.0 Å². The molecule has 0 aromatic carbocycles. The van der Waals surface area contributed by atoms with Crippen LogP contribution >= 0.6 is 27.3 Å². The first kappa shape index (κ1) is 11.3. The molecule has 0 saturated carbocycles. The molecule has 1 aliphatic rings. The van der Waals surface area contributed by atoms with Crippen molar-refractivity contribution in [3.8, 4) is 0 Å². The SMILES string of the molecule is O=C(Cc1ccc(Br)s1)C1COCCN1. The van der Waals surface area contributed by atoms with Crippen molar-refractivity contribution in [2.45, 2.75) is 12.5 Å². The summed E-state index contributed by atoms with van der Waals surface area (Å²) in [5.74, 6) is 0.212. The first-order chi connectivity index (χ1) is 7.25. The minimum Gasteiger partial charge on any atom is -0.378 e. The smallest absolute Gasteiger partial charge is 0.157 e. The zero-order chi connectivity index (χ0) is 10.7. The fourth-order valence-corrected chi connectivity index (χ4v) is 3.01. The summed E-state index contributed by atoms with van der Waals surface area (Å²) < 4.78 is 6.32. The van der Waals surface area contributed by atoms with Crippen LogP contribution < -0.4 is 5.32 Å². The van der Waals surface area contributed by atoms with Gasteiger partial charge >= 0.3 is 0 Å². The topological polar surface area (TPSA) is 38.3 Å². The fourth-order valence-electron chi connectivity index (χ4n) is 1.51. The summed E-state index contributed by atoms with van der Waals surface area (Å²) in [6.07, 6.45) is 0.497. The summed E-state index contributed by atoms with van der Waals surface area (Å²) in [6.45, 7) is 1.98. The molecule has 1 aromatic heterocycles. The van der Waals surface area contributed by atoms with Gasteiger partial charge in [-0.2, -0.15) is 0 Å². The van der Waals surface area contributed by atoms with Crippen molar-refractivity contribution in [3.63, 3.8) is 0 Å². The minimum absolute atomic E-state index is 0.125. The first-order valence-electron chi connectivity index (χ1n) is 4.84. The second-order valence-corrected chi connectivity index (χ2v) is 5.98. The Morgan fingerprint density at radius 3 is 3.13 bits per heavy atom. The van der Waals surface area contributed by atoms with Gasteiger partial charge in [-0.1, -0.05) is 0 Å². The van der Waals surface area contributed by atoms with Crippen LogP contribution in [0.15, 0.2) is 15.9 Å². The van der Waals surface area contributed by atoms with Crippen LogP contribution in [0.3, 0.4) is 0 Å². The monoisotopic (exact) mass is 289 g/mol. The molecule has 1 N–H and O–H groups in total. The molecular formula is C10H12BrNO2S. The molecule has 0 amide bonds. The number of thiophene rings is 1. The Morgan fingerprint density at radius 1 is 1.67 bits per heavy atom. The van der Waals surface area contributed by atoms with E-state index < -0.39 is 0 Å². The van der Waals surface area contributed by atoms with Gasteiger partial charge < -0.3 is 10.1 Å². The van der Waals surface area contributed by atoms with Crippen LogP contribution in [0.4, 0.5) is 0 Å². The van der Waals surface area contributed by atoms with E-state index in [0.29, 0.717) is 19.6 Å². The molecule has 0 spiro atoms. The molecule has 1 fully saturated rings. The molecule has 1 atom stereocenters. The number of ketones is 1. The van der Waals surface area contributed by atoms with Gasteiger partial charge in [0, 0.05) is 17.8 Å². The van der Waals surface area contributed by atoms with Gasteiger partial charge in [-0.25, -0.2) is 0 Å². The summed E-state index contributed by atoms with van der Waals surface area (Å²) in [7, 11) is 0. The Kier molecular flexibility index (Phi) is 3.91. The van der Waals surface area contributed by atoms with E-state index in [4.69, 9.17) is 4.74 Å². The molecule has 1 aromatic rings. The molecule has 1 aliphatic heterocycles. The molecule has 0 aliphatic carbocycles. The summed E-state index contributed by atoms with van der Waals surface area (Å²) in [5, 5.41) is 3.16. The van der Waals surface area contributed by atoms with E-state index in [9.17, 15) is 4.79 Å². The Balaban J connectivity index is 1.91. The van der Waals surface area contributed by atoms with Crippen LogP contribution in [0.1, 0.15) is 4.88 Å². The van der Waals surface area contributed by atoms with Gasteiger partial charge in [0.15, 0.2) is 5.78 Å². The molecule has 2 heterocycles. The number of carbonyl (C=O) groups is 1. The average Bonchev–Trinajstić information content (AvgIpc) is 2.65. The normalized spacial score (nSPS) is 21.5. The zero-order valence-corrected chi connectivity index (χ0v) is 10.6. The summed E-state index contributed by atoms with van der Waals surface area (Å²) in [6, 6.07) is 3.83. The zero-order valence-electron chi connectivity index (χ0n) is 8.16. The molecule has 3 nitrogen and oxygen atoms in total. The van der Waals surface area contributed by atoms with Crippen molar-refractivity contribution in [3.05, 3.63) is 20.8 Å². The van der Waals surface area contributed by atoms with Gasteiger partial charge in [0.1, 0.15) is 0 Å². The molecule has 1 unspecified atom stereocenters. The highest BCUT2D eigenvalue weighted by molar-refractivity contribution is 9.11. The standard InChI is InChI=1S/C10H12BrNO2S/c11-10-2-1-7(15-10)5-9(13)8-6-14-4-3-12-8/h1-2,8,12H,3-6H2. The predicted octanol–water partition coefficient (Wildman–Crippen LogP) is 1.61. The molecule has 1 saturated heterocycles. The summed E-state index contributed by atoms with van der Waals surface area (Å²) in [5.41, 5.74) is 0.